The molecule has 3 N–H and O–H groups in total. The SMILES string of the molecule is CC(=O)NCc1ccc(-c2csc(NC(=O)Cn3c(-c4cccs4)n[nH]c3=S)n2)o1. The van der Waals surface area contributed by atoms with E-state index >= 15 is 0 Å². The Hall–Kier alpha value is -3.09. The Morgan fingerprint density at radius 1 is 1.30 bits per heavy atom. The highest BCUT2D eigenvalue weighted by Gasteiger charge is 2.15. The van der Waals surface area contributed by atoms with E-state index in [9.17, 15) is 9.59 Å². The zero-order chi connectivity index (χ0) is 21.1. The quantitative estimate of drug-likeness (QED) is 0.362. The number of amides is 2. The van der Waals surface area contributed by atoms with Gasteiger partial charge >= 0.3 is 0 Å². The number of carbonyl (C=O) groups is 2. The molecule has 0 saturated heterocycles. The standard InChI is InChI=1S/C18H16N6O3S3/c1-10(25)19-7-11-4-5-13(27-11)12-9-30-17(20-12)21-15(26)8-24-16(22-23-18(24)28)14-3-2-6-29-14/h2-6,9H,7-8H2,1H3,(H,19,25)(H,23,28)(H,20,21,26). The molecule has 0 saturated carbocycles. The van der Waals surface area contributed by atoms with E-state index in [4.69, 9.17) is 16.6 Å². The molecule has 154 valence electrons. The van der Waals surface area contributed by atoms with Crippen molar-refractivity contribution in [1.29, 1.82) is 0 Å². The van der Waals surface area contributed by atoms with Crippen molar-refractivity contribution >= 4 is 51.8 Å². The third-order valence-electron chi connectivity index (χ3n) is 3.98. The second-order valence-corrected chi connectivity index (χ2v) is 8.37. The van der Waals surface area contributed by atoms with E-state index in [0.29, 0.717) is 39.5 Å². The Morgan fingerprint density at radius 2 is 2.17 bits per heavy atom. The highest BCUT2D eigenvalue weighted by atomic mass is 32.1. The van der Waals surface area contributed by atoms with Crippen molar-refractivity contribution in [3.8, 4) is 22.2 Å². The number of hydrogen-bond acceptors (Lipinski definition) is 8. The van der Waals surface area contributed by atoms with Crippen LogP contribution in [0, 0.1) is 4.77 Å². The normalized spacial score (nSPS) is 10.8. The molecule has 4 heterocycles. The lowest BCUT2D eigenvalue weighted by atomic mass is 10.3. The number of anilines is 1. The van der Waals surface area contributed by atoms with Crippen LogP contribution in [0.4, 0.5) is 5.13 Å². The van der Waals surface area contributed by atoms with Crippen molar-refractivity contribution in [1.82, 2.24) is 25.1 Å². The van der Waals surface area contributed by atoms with Gasteiger partial charge in [0.25, 0.3) is 0 Å². The summed E-state index contributed by atoms with van der Waals surface area (Å²) in [5.74, 6) is 1.40. The molecule has 0 aromatic carbocycles. The number of rotatable bonds is 7. The third kappa shape index (κ3) is 4.56. The van der Waals surface area contributed by atoms with Gasteiger partial charge in [-0.2, -0.15) is 5.10 Å². The molecule has 0 fully saturated rings. The van der Waals surface area contributed by atoms with Crippen LogP contribution in [0.5, 0.6) is 0 Å². The topological polar surface area (TPSA) is 118 Å². The van der Waals surface area contributed by atoms with E-state index in [1.165, 1.54) is 29.6 Å². The first-order valence-electron chi connectivity index (χ1n) is 8.77. The van der Waals surface area contributed by atoms with Crippen LogP contribution < -0.4 is 10.6 Å². The number of nitrogens with zero attached hydrogens (tertiary/aromatic N) is 3. The fourth-order valence-electron chi connectivity index (χ4n) is 2.63. The van der Waals surface area contributed by atoms with Crippen molar-refractivity contribution in [3.05, 3.63) is 45.6 Å². The van der Waals surface area contributed by atoms with Crippen molar-refractivity contribution in [3.63, 3.8) is 0 Å². The molecule has 30 heavy (non-hydrogen) atoms. The Bertz CT molecular complexity index is 1230. The maximum Gasteiger partial charge on any atom is 0.246 e. The van der Waals surface area contributed by atoms with Crippen molar-refractivity contribution in [2.75, 3.05) is 5.32 Å². The monoisotopic (exact) mass is 460 g/mol. The Morgan fingerprint density at radius 3 is 2.93 bits per heavy atom. The van der Waals surface area contributed by atoms with Gasteiger partial charge in [0.1, 0.15) is 18.0 Å². The van der Waals surface area contributed by atoms with E-state index in [1.54, 1.807) is 22.1 Å². The first-order valence-corrected chi connectivity index (χ1v) is 10.9. The Balaban J connectivity index is 1.42. The number of furan rings is 1. The molecule has 4 aromatic rings. The number of thiazole rings is 1. The lowest BCUT2D eigenvalue weighted by Gasteiger charge is -2.05. The number of carbonyl (C=O) groups excluding carboxylic acids is 2. The van der Waals surface area contributed by atoms with Gasteiger partial charge in [0.05, 0.1) is 11.4 Å². The van der Waals surface area contributed by atoms with Crippen LogP contribution in [0.25, 0.3) is 22.2 Å². The largest absolute Gasteiger partial charge is 0.458 e. The first kappa shape index (κ1) is 20.2. The second-order valence-electron chi connectivity index (χ2n) is 6.18. The summed E-state index contributed by atoms with van der Waals surface area (Å²) in [4.78, 5) is 28.9. The van der Waals surface area contributed by atoms with E-state index in [-0.39, 0.29) is 18.4 Å². The summed E-state index contributed by atoms with van der Waals surface area (Å²) in [7, 11) is 0. The molecule has 0 unspecified atom stereocenters. The van der Waals surface area contributed by atoms with Crippen LogP contribution in [0.3, 0.4) is 0 Å². The maximum atomic E-state index is 12.5. The predicted octanol–water partition coefficient (Wildman–Crippen LogP) is 3.66. The minimum absolute atomic E-state index is 0.0130. The molecular weight excluding hydrogens is 444 g/mol. The van der Waals surface area contributed by atoms with Gasteiger partial charge in [-0.3, -0.25) is 19.3 Å². The molecule has 0 bridgehead atoms. The lowest BCUT2D eigenvalue weighted by Crippen LogP contribution is -2.19. The fraction of sp³-hybridized carbons (Fsp3) is 0.167. The Labute approximate surface area is 183 Å². The molecule has 0 aliphatic carbocycles. The van der Waals surface area contributed by atoms with Crippen molar-refractivity contribution < 1.29 is 14.0 Å². The zero-order valence-electron chi connectivity index (χ0n) is 15.7. The van der Waals surface area contributed by atoms with Gasteiger partial charge < -0.3 is 15.1 Å². The number of thiophene rings is 1. The minimum atomic E-state index is -0.267. The fourth-order valence-corrected chi connectivity index (χ4v) is 4.26. The number of aromatic amines is 1. The number of nitrogens with one attached hydrogen (secondary N) is 3. The molecule has 0 spiro atoms. The summed E-state index contributed by atoms with van der Waals surface area (Å²) in [6.45, 7) is 1.76. The predicted molar refractivity (Wildman–Crippen MR) is 117 cm³/mol. The maximum absolute atomic E-state index is 12.5. The van der Waals surface area contributed by atoms with Crippen molar-refractivity contribution in [2.45, 2.75) is 20.0 Å². The van der Waals surface area contributed by atoms with Crippen LogP contribution in [-0.2, 0) is 22.7 Å². The smallest absolute Gasteiger partial charge is 0.246 e. The van der Waals surface area contributed by atoms with Crippen LogP contribution in [0.1, 0.15) is 12.7 Å². The second kappa shape index (κ2) is 8.73. The highest BCUT2D eigenvalue weighted by Crippen LogP contribution is 2.27. The summed E-state index contributed by atoms with van der Waals surface area (Å²) in [5, 5.41) is 16.6. The van der Waals surface area contributed by atoms with Gasteiger partial charge in [-0.05, 0) is 35.8 Å². The van der Waals surface area contributed by atoms with E-state index in [1.807, 2.05) is 17.5 Å². The van der Waals surface area contributed by atoms with Gasteiger partial charge in [0.15, 0.2) is 21.5 Å². The Kier molecular flexibility index (Phi) is 5.88. The molecule has 12 heteroatoms. The molecular formula is C18H16N6O3S3. The average Bonchev–Trinajstić information content (AvgIpc) is 3.48. The van der Waals surface area contributed by atoms with Gasteiger partial charge in [0, 0.05) is 12.3 Å². The van der Waals surface area contributed by atoms with Crippen LogP contribution >= 0.6 is 34.9 Å². The summed E-state index contributed by atoms with van der Waals surface area (Å²) >= 11 is 8.06. The molecule has 2 amide bonds. The van der Waals surface area contributed by atoms with Gasteiger partial charge in [0.2, 0.25) is 11.8 Å². The number of hydrogen-bond donors (Lipinski definition) is 3. The molecule has 4 aromatic heterocycles. The number of H-pyrrole nitrogens is 1. The molecule has 0 aliphatic rings. The molecule has 0 atom stereocenters. The average molecular weight is 461 g/mol. The summed E-state index contributed by atoms with van der Waals surface area (Å²) in [5.41, 5.74) is 0.601. The van der Waals surface area contributed by atoms with Crippen LogP contribution in [0.2, 0.25) is 0 Å². The zero-order valence-corrected chi connectivity index (χ0v) is 18.1. The van der Waals surface area contributed by atoms with E-state index in [0.717, 1.165) is 4.88 Å². The van der Waals surface area contributed by atoms with Crippen LogP contribution in [0.15, 0.2) is 39.4 Å². The van der Waals surface area contributed by atoms with Gasteiger partial charge in [-0.1, -0.05) is 6.07 Å². The molecule has 0 radical (unpaired) electrons. The summed E-state index contributed by atoms with van der Waals surface area (Å²) in [6, 6.07) is 7.38. The highest BCUT2D eigenvalue weighted by molar-refractivity contribution is 7.71. The van der Waals surface area contributed by atoms with Crippen LogP contribution in [-0.4, -0.2) is 31.6 Å². The molecule has 4 rings (SSSR count). The minimum Gasteiger partial charge on any atom is -0.458 e. The number of aromatic nitrogens is 4. The van der Waals surface area contributed by atoms with E-state index in [2.05, 4.69) is 25.8 Å². The van der Waals surface area contributed by atoms with Gasteiger partial charge in [-0.15, -0.1) is 22.7 Å². The van der Waals surface area contributed by atoms with E-state index < -0.39 is 0 Å². The van der Waals surface area contributed by atoms with Crippen molar-refractivity contribution in [2.24, 2.45) is 0 Å². The first-order chi connectivity index (χ1) is 14.5. The summed E-state index contributed by atoms with van der Waals surface area (Å²) in [6.07, 6.45) is 0. The lowest BCUT2D eigenvalue weighted by molar-refractivity contribution is -0.119. The third-order valence-corrected chi connectivity index (χ3v) is 5.91. The summed E-state index contributed by atoms with van der Waals surface area (Å²) < 4.78 is 7.70. The molecule has 0 aliphatic heterocycles. The molecule has 9 nitrogen and oxygen atoms in total. The van der Waals surface area contributed by atoms with Gasteiger partial charge in [-0.25, -0.2) is 4.98 Å².